The minimum Gasteiger partial charge on any atom is -0.399 e. The van der Waals surface area contributed by atoms with Crippen molar-refractivity contribution in [3.63, 3.8) is 0 Å². The van der Waals surface area contributed by atoms with Crippen LogP contribution in [0.3, 0.4) is 0 Å². The van der Waals surface area contributed by atoms with E-state index in [0.717, 1.165) is 30.2 Å². The summed E-state index contributed by atoms with van der Waals surface area (Å²) >= 11 is 0. The zero-order valence-electron chi connectivity index (χ0n) is 11.5. The number of benzene rings is 1. The molecule has 1 heterocycles. The summed E-state index contributed by atoms with van der Waals surface area (Å²) in [5.41, 5.74) is 8.00. The lowest BCUT2D eigenvalue weighted by molar-refractivity contribution is 0.0723. The molecule has 106 valence electrons. The number of aromatic amines is 1. The topological polar surface area (TPSA) is 80.1 Å². The Kier molecular flexibility index (Phi) is 3.36. The van der Waals surface area contributed by atoms with Crippen LogP contribution < -0.4 is 11.1 Å². The van der Waals surface area contributed by atoms with Crippen LogP contribution >= 0.6 is 0 Å². The van der Waals surface area contributed by atoms with Crippen molar-refractivity contribution in [2.75, 3.05) is 12.8 Å². The van der Waals surface area contributed by atoms with Gasteiger partial charge in [0, 0.05) is 29.9 Å². The van der Waals surface area contributed by atoms with Crippen LogP contribution in [0.1, 0.15) is 29.6 Å². The molecule has 1 aromatic heterocycles. The number of anilines is 1. The third-order valence-electron chi connectivity index (χ3n) is 4.02. The number of H-pyrrole nitrogens is 1. The predicted molar refractivity (Wildman–Crippen MR) is 78.6 cm³/mol. The number of hydrogen-bond acceptors (Lipinski definition) is 3. The van der Waals surface area contributed by atoms with E-state index in [-0.39, 0.29) is 18.1 Å². The first-order chi connectivity index (χ1) is 9.69. The first-order valence-electron chi connectivity index (χ1n) is 6.89. The molecular weight excluding hydrogens is 254 g/mol. The number of nitrogen functional groups attached to an aromatic ring is 1. The lowest BCUT2D eigenvalue weighted by Crippen LogP contribution is -2.40. The monoisotopic (exact) mass is 273 g/mol. The first kappa shape index (κ1) is 13.0. The van der Waals surface area contributed by atoms with Gasteiger partial charge in [-0.15, -0.1) is 0 Å². The van der Waals surface area contributed by atoms with Gasteiger partial charge in [0.05, 0.1) is 17.7 Å². The summed E-state index contributed by atoms with van der Waals surface area (Å²) < 4.78 is 5.41. The van der Waals surface area contributed by atoms with Gasteiger partial charge in [0.2, 0.25) is 0 Å². The molecule has 2 aromatic rings. The van der Waals surface area contributed by atoms with E-state index in [0.29, 0.717) is 11.3 Å². The van der Waals surface area contributed by atoms with Crippen LogP contribution in [0.4, 0.5) is 5.69 Å². The molecule has 1 aliphatic rings. The fourth-order valence-corrected chi connectivity index (χ4v) is 2.95. The molecule has 0 saturated heterocycles. The molecule has 0 bridgehead atoms. The van der Waals surface area contributed by atoms with Gasteiger partial charge in [-0.25, -0.2) is 0 Å². The number of fused-ring (bicyclic) bond motifs is 1. The minimum atomic E-state index is -0.0733. The van der Waals surface area contributed by atoms with Crippen molar-refractivity contribution in [1.29, 1.82) is 0 Å². The summed E-state index contributed by atoms with van der Waals surface area (Å²) in [4.78, 5) is 15.5. The molecule has 1 saturated carbocycles. The van der Waals surface area contributed by atoms with Crippen molar-refractivity contribution in [2.45, 2.75) is 31.4 Å². The molecule has 20 heavy (non-hydrogen) atoms. The zero-order chi connectivity index (χ0) is 14.1. The van der Waals surface area contributed by atoms with Crippen LogP contribution in [-0.2, 0) is 4.74 Å². The first-order valence-corrected chi connectivity index (χ1v) is 6.89. The minimum absolute atomic E-state index is 0.0733. The van der Waals surface area contributed by atoms with E-state index in [1.54, 1.807) is 13.3 Å². The van der Waals surface area contributed by atoms with Crippen LogP contribution in [-0.4, -0.2) is 30.1 Å². The number of aromatic nitrogens is 1. The summed E-state index contributed by atoms with van der Waals surface area (Å²) in [6.07, 6.45) is 4.91. The molecular formula is C15H19N3O2. The van der Waals surface area contributed by atoms with E-state index in [4.69, 9.17) is 10.5 Å². The molecule has 1 fully saturated rings. The van der Waals surface area contributed by atoms with Crippen molar-refractivity contribution >= 4 is 22.5 Å². The fraction of sp³-hybridized carbons (Fsp3) is 0.400. The molecule has 2 unspecified atom stereocenters. The van der Waals surface area contributed by atoms with Gasteiger partial charge in [-0.1, -0.05) is 0 Å². The third kappa shape index (κ3) is 2.25. The second-order valence-corrected chi connectivity index (χ2v) is 5.29. The average Bonchev–Trinajstić information content (AvgIpc) is 3.04. The molecule has 1 aliphatic carbocycles. The number of ether oxygens (including phenoxy) is 1. The van der Waals surface area contributed by atoms with Gasteiger partial charge in [0.15, 0.2) is 0 Å². The van der Waals surface area contributed by atoms with E-state index in [9.17, 15) is 4.79 Å². The van der Waals surface area contributed by atoms with Gasteiger partial charge in [-0.3, -0.25) is 4.79 Å². The lowest BCUT2D eigenvalue weighted by Gasteiger charge is -2.19. The second kappa shape index (κ2) is 5.17. The number of methoxy groups -OCH3 is 1. The molecule has 0 aliphatic heterocycles. The predicted octanol–water partition coefficient (Wildman–Crippen LogP) is 2.05. The summed E-state index contributed by atoms with van der Waals surface area (Å²) in [7, 11) is 1.70. The molecule has 3 rings (SSSR count). The van der Waals surface area contributed by atoms with Gasteiger partial charge in [0.1, 0.15) is 0 Å². The molecule has 0 radical (unpaired) electrons. The molecule has 0 spiro atoms. The van der Waals surface area contributed by atoms with Gasteiger partial charge in [-0.2, -0.15) is 0 Å². The Balaban J connectivity index is 1.84. The largest absolute Gasteiger partial charge is 0.399 e. The van der Waals surface area contributed by atoms with Crippen molar-refractivity contribution in [3.8, 4) is 0 Å². The highest BCUT2D eigenvalue weighted by atomic mass is 16.5. The summed E-state index contributed by atoms with van der Waals surface area (Å²) in [5, 5.41) is 3.93. The van der Waals surface area contributed by atoms with Gasteiger partial charge >= 0.3 is 0 Å². The molecule has 2 atom stereocenters. The third-order valence-corrected chi connectivity index (χ3v) is 4.02. The normalized spacial score (nSPS) is 22.2. The number of rotatable bonds is 3. The maximum Gasteiger partial charge on any atom is 0.253 e. The molecule has 5 heteroatoms. The maximum absolute atomic E-state index is 12.4. The second-order valence-electron chi connectivity index (χ2n) is 5.29. The lowest BCUT2D eigenvalue weighted by atomic mass is 10.1. The summed E-state index contributed by atoms with van der Waals surface area (Å²) in [5.74, 6) is -0.0733. The average molecular weight is 273 g/mol. The van der Waals surface area contributed by atoms with Crippen molar-refractivity contribution in [3.05, 3.63) is 30.0 Å². The summed E-state index contributed by atoms with van der Waals surface area (Å²) in [6, 6.07) is 5.62. The van der Waals surface area contributed by atoms with Crippen LogP contribution in [0.5, 0.6) is 0 Å². The van der Waals surface area contributed by atoms with Crippen LogP contribution in [0.2, 0.25) is 0 Å². The van der Waals surface area contributed by atoms with E-state index >= 15 is 0 Å². The highest BCUT2D eigenvalue weighted by molar-refractivity contribution is 6.07. The van der Waals surface area contributed by atoms with Crippen molar-refractivity contribution < 1.29 is 9.53 Å². The van der Waals surface area contributed by atoms with Gasteiger partial charge < -0.3 is 20.8 Å². The Labute approximate surface area is 117 Å². The van der Waals surface area contributed by atoms with Crippen molar-refractivity contribution in [2.24, 2.45) is 0 Å². The Hall–Kier alpha value is -2.01. The Morgan fingerprint density at radius 2 is 2.30 bits per heavy atom. The number of carbonyl (C=O) groups is 1. The zero-order valence-corrected chi connectivity index (χ0v) is 11.5. The number of nitrogens with one attached hydrogen (secondary N) is 2. The quantitative estimate of drug-likeness (QED) is 0.749. The summed E-state index contributed by atoms with van der Waals surface area (Å²) in [6.45, 7) is 0. The van der Waals surface area contributed by atoms with E-state index < -0.39 is 0 Å². The molecule has 1 amide bonds. The van der Waals surface area contributed by atoms with Crippen LogP contribution in [0, 0.1) is 0 Å². The number of hydrogen-bond donors (Lipinski definition) is 3. The highest BCUT2D eigenvalue weighted by Crippen LogP contribution is 2.24. The number of amides is 1. The van der Waals surface area contributed by atoms with Gasteiger partial charge in [-0.05, 0) is 37.5 Å². The van der Waals surface area contributed by atoms with E-state index in [1.165, 1.54) is 0 Å². The molecule has 5 nitrogen and oxygen atoms in total. The Bertz CT molecular complexity index is 635. The number of carbonyl (C=O) groups excluding carboxylic acids is 1. The smallest absolute Gasteiger partial charge is 0.253 e. The van der Waals surface area contributed by atoms with E-state index in [1.807, 2.05) is 18.2 Å². The van der Waals surface area contributed by atoms with Crippen molar-refractivity contribution in [1.82, 2.24) is 10.3 Å². The van der Waals surface area contributed by atoms with Crippen LogP contribution in [0.15, 0.2) is 24.4 Å². The Morgan fingerprint density at radius 1 is 1.45 bits per heavy atom. The Morgan fingerprint density at radius 3 is 3.10 bits per heavy atom. The van der Waals surface area contributed by atoms with Gasteiger partial charge in [0.25, 0.3) is 5.91 Å². The highest BCUT2D eigenvalue weighted by Gasteiger charge is 2.29. The SMILES string of the molecule is COC1CCCC1NC(=O)c1c[nH]c2ccc(N)cc12. The van der Waals surface area contributed by atoms with Crippen LogP contribution in [0.25, 0.3) is 10.9 Å². The molecule has 1 aromatic carbocycles. The fourth-order valence-electron chi connectivity index (χ4n) is 2.95. The van der Waals surface area contributed by atoms with E-state index in [2.05, 4.69) is 10.3 Å². The maximum atomic E-state index is 12.4. The standard InChI is InChI=1S/C15H19N3O2/c1-20-14-4-2-3-13(14)18-15(19)11-8-17-12-6-5-9(16)7-10(11)12/h5-8,13-14,17H,2-4,16H2,1H3,(H,18,19). The number of nitrogens with two attached hydrogens (primary N) is 1. The molecule has 4 N–H and O–H groups in total.